The molecule has 0 amide bonds. The normalized spacial score (nSPS) is 20.3. The van der Waals surface area contributed by atoms with E-state index in [2.05, 4.69) is 10.0 Å². The lowest BCUT2D eigenvalue weighted by Crippen LogP contribution is -2.35. The average molecular weight is 299 g/mol. The van der Waals surface area contributed by atoms with E-state index in [4.69, 9.17) is 0 Å². The Morgan fingerprint density at radius 2 is 1.90 bits per heavy atom. The summed E-state index contributed by atoms with van der Waals surface area (Å²) in [5, 5.41) is 13.8. The van der Waals surface area contributed by atoms with E-state index in [1.54, 1.807) is 0 Å². The van der Waals surface area contributed by atoms with Crippen molar-refractivity contribution >= 4 is 15.7 Å². The molecule has 1 saturated heterocycles. The van der Waals surface area contributed by atoms with Crippen molar-refractivity contribution in [2.45, 2.75) is 30.2 Å². The van der Waals surface area contributed by atoms with Gasteiger partial charge in [0, 0.05) is 18.2 Å². The van der Waals surface area contributed by atoms with Crippen molar-refractivity contribution < 1.29 is 13.3 Å². The Bertz CT molecular complexity index is 563. The van der Waals surface area contributed by atoms with E-state index in [1.165, 1.54) is 24.3 Å². The maximum Gasteiger partial charge on any atom is 0.269 e. The van der Waals surface area contributed by atoms with Crippen LogP contribution in [0.1, 0.15) is 19.3 Å². The van der Waals surface area contributed by atoms with E-state index in [0.717, 1.165) is 32.4 Å². The summed E-state index contributed by atoms with van der Waals surface area (Å²) in [5.41, 5.74) is -0.123. The van der Waals surface area contributed by atoms with Crippen LogP contribution in [-0.4, -0.2) is 32.5 Å². The summed E-state index contributed by atoms with van der Waals surface area (Å²) in [6.45, 7) is 1.68. The highest BCUT2D eigenvalue weighted by Gasteiger charge is 2.21. The molecule has 2 rings (SSSR count). The number of nitrogens with one attached hydrogen (secondary N) is 2. The van der Waals surface area contributed by atoms with Gasteiger partial charge in [0.05, 0.1) is 9.82 Å². The first-order chi connectivity index (χ1) is 9.49. The van der Waals surface area contributed by atoms with Crippen LogP contribution in [0, 0.1) is 10.1 Å². The predicted octanol–water partition coefficient (Wildman–Crippen LogP) is 1.02. The van der Waals surface area contributed by atoms with Gasteiger partial charge in [-0.05, 0) is 44.5 Å². The fourth-order valence-corrected chi connectivity index (χ4v) is 3.48. The van der Waals surface area contributed by atoms with Crippen LogP contribution in [0.5, 0.6) is 0 Å². The van der Waals surface area contributed by atoms with E-state index < -0.39 is 14.9 Å². The molecule has 2 N–H and O–H groups in total. The number of nitro benzene ring substituents is 1. The fraction of sp³-hybridized carbons (Fsp3) is 0.500. The standard InChI is InChI=1S/C12H17N3O4S/c16-15(17)11-3-5-12(6-4-11)20(18,19)14-10-2-1-8-13-9-7-10/h3-6,10,13-14H,1-2,7-9H2. The van der Waals surface area contributed by atoms with Gasteiger partial charge in [0.15, 0.2) is 0 Å². The summed E-state index contributed by atoms with van der Waals surface area (Å²) >= 11 is 0. The van der Waals surface area contributed by atoms with Gasteiger partial charge in [-0.2, -0.15) is 0 Å². The summed E-state index contributed by atoms with van der Waals surface area (Å²) in [5.74, 6) is 0. The van der Waals surface area contributed by atoms with Gasteiger partial charge in [0.2, 0.25) is 10.0 Å². The topological polar surface area (TPSA) is 101 Å². The summed E-state index contributed by atoms with van der Waals surface area (Å²) in [7, 11) is -3.62. The Kier molecular flexibility index (Phi) is 4.69. The van der Waals surface area contributed by atoms with E-state index in [1.807, 2.05) is 0 Å². The first kappa shape index (κ1) is 14.9. The lowest BCUT2D eigenvalue weighted by molar-refractivity contribution is -0.384. The van der Waals surface area contributed by atoms with Crippen molar-refractivity contribution in [1.29, 1.82) is 0 Å². The molecule has 0 radical (unpaired) electrons. The van der Waals surface area contributed by atoms with Crippen LogP contribution in [0.4, 0.5) is 5.69 Å². The number of nitrogens with zero attached hydrogens (tertiary/aromatic N) is 1. The summed E-state index contributed by atoms with van der Waals surface area (Å²) in [6, 6.07) is 4.82. The molecular weight excluding hydrogens is 282 g/mol. The lowest BCUT2D eigenvalue weighted by atomic mass is 10.1. The lowest BCUT2D eigenvalue weighted by Gasteiger charge is -2.16. The highest BCUT2D eigenvalue weighted by atomic mass is 32.2. The molecule has 0 spiro atoms. The SMILES string of the molecule is O=[N+]([O-])c1ccc(S(=O)(=O)NC2CCCNCC2)cc1. The second-order valence-corrected chi connectivity index (χ2v) is 6.46. The smallest absolute Gasteiger partial charge is 0.269 e. The number of nitro groups is 1. The monoisotopic (exact) mass is 299 g/mol. The Balaban J connectivity index is 2.10. The van der Waals surface area contributed by atoms with Crippen molar-refractivity contribution in [1.82, 2.24) is 10.0 Å². The number of non-ortho nitro benzene ring substituents is 1. The Labute approximate surface area is 117 Å². The van der Waals surface area contributed by atoms with Gasteiger partial charge >= 0.3 is 0 Å². The maximum atomic E-state index is 12.2. The van der Waals surface area contributed by atoms with Crippen LogP contribution >= 0.6 is 0 Å². The van der Waals surface area contributed by atoms with Crippen LogP contribution in [0.15, 0.2) is 29.2 Å². The van der Waals surface area contributed by atoms with E-state index in [9.17, 15) is 18.5 Å². The van der Waals surface area contributed by atoms with Gasteiger partial charge in [-0.3, -0.25) is 10.1 Å². The summed E-state index contributed by atoms with van der Waals surface area (Å²) < 4.78 is 27.0. The third kappa shape index (κ3) is 3.75. The van der Waals surface area contributed by atoms with E-state index in [-0.39, 0.29) is 16.6 Å². The van der Waals surface area contributed by atoms with Crippen molar-refractivity contribution in [3.63, 3.8) is 0 Å². The number of hydrogen-bond acceptors (Lipinski definition) is 5. The number of sulfonamides is 1. The third-order valence-electron chi connectivity index (χ3n) is 3.26. The molecule has 20 heavy (non-hydrogen) atoms. The number of hydrogen-bond donors (Lipinski definition) is 2. The zero-order chi connectivity index (χ0) is 14.6. The van der Waals surface area contributed by atoms with E-state index in [0.29, 0.717) is 0 Å². The highest BCUT2D eigenvalue weighted by Crippen LogP contribution is 2.17. The van der Waals surface area contributed by atoms with Gasteiger partial charge in [-0.15, -0.1) is 0 Å². The van der Waals surface area contributed by atoms with Crippen molar-refractivity contribution in [3.8, 4) is 0 Å². The van der Waals surface area contributed by atoms with Gasteiger partial charge in [-0.1, -0.05) is 0 Å². The van der Waals surface area contributed by atoms with Gasteiger partial charge in [0.1, 0.15) is 0 Å². The minimum absolute atomic E-state index is 0.0558. The molecule has 0 bridgehead atoms. The number of benzene rings is 1. The molecule has 0 aromatic heterocycles. The van der Waals surface area contributed by atoms with Crippen LogP contribution in [-0.2, 0) is 10.0 Å². The molecule has 1 aliphatic rings. The molecule has 1 atom stereocenters. The van der Waals surface area contributed by atoms with Crippen LogP contribution in [0.2, 0.25) is 0 Å². The largest absolute Gasteiger partial charge is 0.317 e. The predicted molar refractivity (Wildman–Crippen MR) is 73.9 cm³/mol. The molecule has 0 saturated carbocycles. The van der Waals surface area contributed by atoms with Gasteiger partial charge in [0.25, 0.3) is 5.69 Å². The first-order valence-corrected chi connectivity index (χ1v) is 7.95. The van der Waals surface area contributed by atoms with Crippen molar-refractivity contribution in [2.75, 3.05) is 13.1 Å². The molecule has 0 aliphatic carbocycles. The maximum absolute atomic E-state index is 12.2. The van der Waals surface area contributed by atoms with Crippen LogP contribution in [0.3, 0.4) is 0 Å². The minimum Gasteiger partial charge on any atom is -0.317 e. The Morgan fingerprint density at radius 1 is 1.20 bits per heavy atom. The molecule has 1 aliphatic heterocycles. The van der Waals surface area contributed by atoms with Crippen molar-refractivity contribution in [3.05, 3.63) is 34.4 Å². The molecule has 1 heterocycles. The van der Waals surface area contributed by atoms with Crippen molar-refractivity contribution in [2.24, 2.45) is 0 Å². The van der Waals surface area contributed by atoms with Gasteiger partial charge in [-0.25, -0.2) is 13.1 Å². The molecule has 1 aromatic carbocycles. The van der Waals surface area contributed by atoms with E-state index >= 15 is 0 Å². The molecule has 1 unspecified atom stereocenters. The highest BCUT2D eigenvalue weighted by molar-refractivity contribution is 7.89. The van der Waals surface area contributed by atoms with Gasteiger partial charge < -0.3 is 5.32 Å². The molecule has 1 aromatic rings. The molecular formula is C12H17N3O4S. The average Bonchev–Trinajstić information content (AvgIpc) is 2.67. The fourth-order valence-electron chi connectivity index (χ4n) is 2.17. The van der Waals surface area contributed by atoms with Crippen LogP contribution in [0.25, 0.3) is 0 Å². The Morgan fingerprint density at radius 3 is 2.55 bits per heavy atom. The first-order valence-electron chi connectivity index (χ1n) is 6.46. The zero-order valence-corrected chi connectivity index (χ0v) is 11.7. The quantitative estimate of drug-likeness (QED) is 0.638. The second-order valence-electron chi connectivity index (χ2n) is 4.75. The molecule has 1 fully saturated rings. The third-order valence-corrected chi connectivity index (χ3v) is 4.79. The summed E-state index contributed by atoms with van der Waals surface area (Å²) in [6.07, 6.45) is 2.46. The number of rotatable bonds is 4. The Hall–Kier alpha value is -1.51. The molecule has 110 valence electrons. The van der Waals surface area contributed by atoms with Crippen LogP contribution < -0.4 is 10.0 Å². The summed E-state index contributed by atoms with van der Waals surface area (Å²) in [4.78, 5) is 10.1. The minimum atomic E-state index is -3.62. The zero-order valence-electron chi connectivity index (χ0n) is 10.9. The molecule has 8 heteroatoms. The molecule has 7 nitrogen and oxygen atoms in total. The second kappa shape index (κ2) is 6.29.